The number of rotatable bonds is 6. The van der Waals surface area contributed by atoms with E-state index in [1.807, 2.05) is 0 Å². The maximum absolute atomic E-state index is 5.84. The van der Waals surface area contributed by atoms with Crippen molar-refractivity contribution in [3.05, 3.63) is 11.8 Å². The summed E-state index contributed by atoms with van der Waals surface area (Å²) in [4.78, 5) is 0. The zero-order valence-electron chi connectivity index (χ0n) is 13.2. The van der Waals surface area contributed by atoms with Crippen LogP contribution in [0.4, 0.5) is 0 Å². The van der Waals surface area contributed by atoms with E-state index in [1.54, 1.807) is 0 Å². The van der Waals surface area contributed by atoms with Crippen LogP contribution in [0.3, 0.4) is 0 Å². The van der Waals surface area contributed by atoms with Crippen LogP contribution in [0, 0.1) is 5.92 Å². The highest BCUT2D eigenvalue weighted by Crippen LogP contribution is 2.39. The molecule has 4 atom stereocenters. The van der Waals surface area contributed by atoms with Crippen molar-refractivity contribution in [2.45, 2.75) is 71.6 Å². The predicted octanol–water partition coefficient (Wildman–Crippen LogP) is 2.53. The third-order valence-electron chi connectivity index (χ3n) is 4.13. The largest absolute Gasteiger partial charge is 0.425 e. The Morgan fingerprint density at radius 1 is 1.15 bits per heavy atom. The fraction of sp³-hybridized carbons (Fsp3) is 0.867. The smallest absolute Gasteiger partial charge is 0.222 e. The second-order valence-electron chi connectivity index (χ2n) is 6.18. The summed E-state index contributed by atoms with van der Waals surface area (Å²) in [5.74, 6) is 2.12. The first-order valence-electron chi connectivity index (χ1n) is 7.70. The Kier molecular flexibility index (Phi) is 5.16. The van der Waals surface area contributed by atoms with E-state index < -0.39 is 0 Å². The van der Waals surface area contributed by atoms with Gasteiger partial charge in [-0.1, -0.05) is 20.8 Å². The van der Waals surface area contributed by atoms with Crippen molar-refractivity contribution >= 4 is 0 Å². The fourth-order valence-corrected chi connectivity index (χ4v) is 2.82. The van der Waals surface area contributed by atoms with Crippen LogP contribution in [-0.2, 0) is 11.2 Å². The molecule has 5 heteroatoms. The van der Waals surface area contributed by atoms with E-state index >= 15 is 0 Å². The number of aryl methyl sites for hydroxylation is 1. The Hall–Kier alpha value is -0.940. The number of hydrogen-bond acceptors (Lipinski definition) is 5. The van der Waals surface area contributed by atoms with Crippen LogP contribution in [-0.4, -0.2) is 35.0 Å². The van der Waals surface area contributed by atoms with Crippen molar-refractivity contribution in [2.24, 2.45) is 5.92 Å². The molecule has 1 aromatic rings. The van der Waals surface area contributed by atoms with Gasteiger partial charge in [-0.05, 0) is 32.7 Å². The molecule has 1 aliphatic rings. The monoisotopic (exact) mass is 281 g/mol. The van der Waals surface area contributed by atoms with Gasteiger partial charge in [0.05, 0.1) is 18.1 Å². The number of nitrogens with one attached hydrogen (secondary N) is 1. The normalized spacial score (nSPS) is 30.3. The lowest BCUT2D eigenvalue weighted by molar-refractivity contribution is 0.0544. The van der Waals surface area contributed by atoms with Crippen LogP contribution >= 0.6 is 0 Å². The fourth-order valence-electron chi connectivity index (χ4n) is 2.82. The quantitative estimate of drug-likeness (QED) is 0.812. The maximum atomic E-state index is 5.84. The summed E-state index contributed by atoms with van der Waals surface area (Å²) in [5, 5.41) is 11.8. The third kappa shape index (κ3) is 3.58. The summed E-state index contributed by atoms with van der Waals surface area (Å²) in [5.41, 5.74) is 0. The Bertz CT molecular complexity index is 419. The van der Waals surface area contributed by atoms with Crippen molar-refractivity contribution < 1.29 is 9.15 Å². The summed E-state index contributed by atoms with van der Waals surface area (Å²) in [7, 11) is 0. The van der Waals surface area contributed by atoms with Crippen molar-refractivity contribution in [1.82, 2.24) is 15.5 Å². The number of ether oxygens (including phenoxy) is 1. The molecule has 2 heterocycles. The van der Waals surface area contributed by atoms with Crippen molar-refractivity contribution in [1.29, 1.82) is 0 Å². The zero-order valence-corrected chi connectivity index (χ0v) is 13.2. The van der Waals surface area contributed by atoms with Gasteiger partial charge in [0.25, 0.3) is 0 Å². The highest BCUT2D eigenvalue weighted by atomic mass is 16.5. The molecule has 0 bridgehead atoms. The maximum Gasteiger partial charge on any atom is 0.222 e. The van der Waals surface area contributed by atoms with Gasteiger partial charge in [-0.3, -0.25) is 0 Å². The minimum Gasteiger partial charge on any atom is -0.425 e. The molecule has 0 aliphatic carbocycles. The van der Waals surface area contributed by atoms with Crippen LogP contribution in [0.2, 0.25) is 0 Å². The summed E-state index contributed by atoms with van der Waals surface area (Å²) in [6.45, 7) is 11.7. The molecule has 114 valence electrons. The molecule has 0 amide bonds. The van der Waals surface area contributed by atoms with Gasteiger partial charge in [0.15, 0.2) is 0 Å². The van der Waals surface area contributed by atoms with Crippen molar-refractivity contribution in [3.8, 4) is 0 Å². The lowest BCUT2D eigenvalue weighted by Gasteiger charge is -2.13. The van der Waals surface area contributed by atoms with E-state index in [1.165, 1.54) is 0 Å². The highest BCUT2D eigenvalue weighted by Gasteiger charge is 2.41. The Labute approximate surface area is 121 Å². The molecule has 2 rings (SSSR count). The topological polar surface area (TPSA) is 60.2 Å². The van der Waals surface area contributed by atoms with E-state index in [2.05, 4.69) is 50.1 Å². The van der Waals surface area contributed by atoms with Crippen LogP contribution in [0.25, 0.3) is 0 Å². The molecule has 1 aromatic heterocycles. The molecule has 1 fully saturated rings. The summed E-state index contributed by atoms with van der Waals surface area (Å²) in [6, 6.07) is 0.520. The van der Waals surface area contributed by atoms with Gasteiger partial charge < -0.3 is 14.5 Å². The first kappa shape index (κ1) is 15.4. The van der Waals surface area contributed by atoms with Crippen molar-refractivity contribution in [2.75, 3.05) is 6.54 Å². The molecule has 0 aromatic carbocycles. The zero-order chi connectivity index (χ0) is 14.7. The van der Waals surface area contributed by atoms with E-state index in [9.17, 15) is 0 Å². The van der Waals surface area contributed by atoms with Crippen LogP contribution in [0.5, 0.6) is 0 Å². The molecular formula is C15H27N3O2. The standard InChI is InChI=1S/C15H27N3O2/c1-9(2)16-8-6-7-13-17-18-15(20-13)14-10(3)11(4)19-12(14)5/h9-12,14,16H,6-8H2,1-5H3. The summed E-state index contributed by atoms with van der Waals surface area (Å²) < 4.78 is 11.7. The van der Waals surface area contributed by atoms with E-state index in [0.29, 0.717) is 12.0 Å². The molecular weight excluding hydrogens is 254 g/mol. The van der Waals surface area contributed by atoms with E-state index in [4.69, 9.17) is 9.15 Å². The van der Waals surface area contributed by atoms with Gasteiger partial charge in [0, 0.05) is 12.5 Å². The molecule has 5 nitrogen and oxygen atoms in total. The van der Waals surface area contributed by atoms with Crippen LogP contribution in [0.1, 0.15) is 58.7 Å². The Morgan fingerprint density at radius 2 is 1.90 bits per heavy atom. The highest BCUT2D eigenvalue weighted by molar-refractivity contribution is 5.02. The molecule has 1 aliphatic heterocycles. The molecule has 0 spiro atoms. The van der Waals surface area contributed by atoms with E-state index in [0.717, 1.165) is 31.2 Å². The average Bonchev–Trinajstić information content (AvgIpc) is 2.91. The van der Waals surface area contributed by atoms with Crippen molar-refractivity contribution in [3.63, 3.8) is 0 Å². The lowest BCUT2D eigenvalue weighted by Crippen LogP contribution is -2.23. The van der Waals surface area contributed by atoms with Gasteiger partial charge in [-0.2, -0.15) is 0 Å². The minimum absolute atomic E-state index is 0.149. The van der Waals surface area contributed by atoms with Gasteiger partial charge >= 0.3 is 0 Å². The molecule has 4 unspecified atom stereocenters. The van der Waals surface area contributed by atoms with Gasteiger partial charge in [0.1, 0.15) is 0 Å². The van der Waals surface area contributed by atoms with Gasteiger partial charge in [0.2, 0.25) is 11.8 Å². The second-order valence-corrected chi connectivity index (χ2v) is 6.18. The number of nitrogens with zero attached hydrogens (tertiary/aromatic N) is 2. The molecule has 1 N–H and O–H groups in total. The lowest BCUT2D eigenvalue weighted by atomic mass is 9.89. The average molecular weight is 281 g/mol. The minimum atomic E-state index is 0.149. The number of hydrogen-bond donors (Lipinski definition) is 1. The first-order chi connectivity index (χ1) is 9.49. The number of aromatic nitrogens is 2. The van der Waals surface area contributed by atoms with Gasteiger partial charge in [-0.25, -0.2) is 0 Å². The molecule has 1 saturated heterocycles. The van der Waals surface area contributed by atoms with Crippen LogP contribution in [0.15, 0.2) is 4.42 Å². The van der Waals surface area contributed by atoms with E-state index in [-0.39, 0.29) is 18.1 Å². The van der Waals surface area contributed by atoms with Gasteiger partial charge in [-0.15, -0.1) is 10.2 Å². The summed E-state index contributed by atoms with van der Waals surface area (Å²) in [6.07, 6.45) is 2.25. The Balaban J connectivity index is 1.89. The molecule has 20 heavy (non-hydrogen) atoms. The molecule has 0 saturated carbocycles. The second kappa shape index (κ2) is 6.68. The summed E-state index contributed by atoms with van der Waals surface area (Å²) >= 11 is 0. The third-order valence-corrected chi connectivity index (χ3v) is 4.13. The first-order valence-corrected chi connectivity index (χ1v) is 7.70. The SMILES string of the molecule is CC(C)NCCCc1nnc(C2C(C)OC(C)C2C)o1. The predicted molar refractivity (Wildman–Crippen MR) is 77.7 cm³/mol. The Morgan fingerprint density at radius 3 is 2.50 bits per heavy atom. The van der Waals surface area contributed by atoms with Crippen LogP contribution < -0.4 is 5.32 Å². The molecule has 0 radical (unpaired) electrons.